The zero-order chi connectivity index (χ0) is 12.6. The van der Waals surface area contributed by atoms with Gasteiger partial charge in [-0.15, -0.1) is 0 Å². The molecule has 0 bridgehead atoms. The van der Waals surface area contributed by atoms with E-state index >= 15 is 0 Å². The van der Waals surface area contributed by atoms with E-state index in [1.165, 1.54) is 0 Å². The Morgan fingerprint density at radius 3 is 2.88 bits per heavy atom. The van der Waals surface area contributed by atoms with Crippen LogP contribution in [0.5, 0.6) is 0 Å². The molecule has 1 aromatic heterocycles. The first kappa shape index (κ1) is 11.3. The Labute approximate surface area is 98.4 Å². The fraction of sp³-hybridized carbons (Fsp3) is 0.250. The number of hydrogen-bond donors (Lipinski definition) is 2. The number of nitrogen functional groups attached to an aromatic ring is 1. The summed E-state index contributed by atoms with van der Waals surface area (Å²) in [6, 6.07) is 5.35. The molecule has 2 aromatic rings. The number of benzene rings is 1. The van der Waals surface area contributed by atoms with Crippen LogP contribution in [0.3, 0.4) is 0 Å². The van der Waals surface area contributed by atoms with Crippen LogP contribution in [-0.4, -0.2) is 22.5 Å². The van der Waals surface area contributed by atoms with Crippen LogP contribution in [0.4, 0.5) is 5.82 Å². The van der Waals surface area contributed by atoms with E-state index in [-0.39, 0.29) is 18.0 Å². The van der Waals surface area contributed by atoms with Gasteiger partial charge in [0.2, 0.25) is 0 Å². The summed E-state index contributed by atoms with van der Waals surface area (Å²) in [6.07, 6.45) is 0. The summed E-state index contributed by atoms with van der Waals surface area (Å²) >= 11 is 0. The molecule has 0 aliphatic carbocycles. The molecule has 0 radical (unpaired) electrons. The average Bonchev–Trinajstić information content (AvgIpc) is 2.51. The maximum absolute atomic E-state index is 11.8. The largest absolute Gasteiger partial charge is 0.462 e. The second kappa shape index (κ2) is 4.01. The third-order valence-corrected chi connectivity index (χ3v) is 2.61. The lowest BCUT2D eigenvalue weighted by molar-refractivity contribution is 0.0528. The molecule has 1 aromatic carbocycles. The van der Waals surface area contributed by atoms with Crippen LogP contribution in [0.25, 0.3) is 10.9 Å². The zero-order valence-corrected chi connectivity index (χ0v) is 9.73. The molecule has 5 nitrogen and oxygen atoms in total. The van der Waals surface area contributed by atoms with Gasteiger partial charge in [0, 0.05) is 5.39 Å². The smallest absolute Gasteiger partial charge is 0.342 e. The summed E-state index contributed by atoms with van der Waals surface area (Å²) in [5.74, 6) is -0.516. The topological polar surface area (TPSA) is 77.5 Å². The highest BCUT2D eigenvalue weighted by Crippen LogP contribution is 2.28. The molecule has 0 amide bonds. The number of esters is 1. The zero-order valence-electron chi connectivity index (χ0n) is 9.73. The number of aryl methyl sites for hydroxylation is 1. The molecule has 90 valence electrons. The molecule has 0 atom stereocenters. The molecule has 1 heterocycles. The Bertz CT molecular complexity index is 587. The molecule has 0 aliphatic heterocycles. The number of fused-ring (bicyclic) bond motifs is 1. The second-order valence-electron chi connectivity index (χ2n) is 3.81. The molecule has 5 heteroatoms. The summed E-state index contributed by atoms with van der Waals surface area (Å²) in [4.78, 5) is 11.8. The monoisotopic (exact) mass is 234 g/mol. The lowest BCUT2D eigenvalue weighted by Gasteiger charge is -2.01. The Kier molecular flexibility index (Phi) is 2.67. The van der Waals surface area contributed by atoms with Crippen LogP contribution in [-0.2, 0) is 4.74 Å². The van der Waals surface area contributed by atoms with Gasteiger partial charge >= 0.3 is 5.97 Å². The Morgan fingerprint density at radius 2 is 2.24 bits per heavy atom. The Balaban J connectivity index is 2.72. The number of aromatic nitrogens is 1. The number of hydrogen-bond acceptors (Lipinski definition) is 4. The average molecular weight is 234 g/mol. The Hall–Kier alpha value is -2.17. The number of nitrogens with zero attached hydrogens (tertiary/aromatic N) is 1. The third kappa shape index (κ3) is 1.69. The number of carbonyl (C=O) groups is 1. The highest BCUT2D eigenvalue weighted by atomic mass is 16.5. The molecule has 2 rings (SSSR count). The molecule has 0 aliphatic rings. The third-order valence-electron chi connectivity index (χ3n) is 2.61. The van der Waals surface area contributed by atoms with E-state index in [1.807, 2.05) is 13.0 Å². The van der Waals surface area contributed by atoms with Crippen LogP contribution in [0.15, 0.2) is 18.2 Å². The van der Waals surface area contributed by atoms with E-state index in [0.29, 0.717) is 10.9 Å². The van der Waals surface area contributed by atoms with E-state index in [9.17, 15) is 10.0 Å². The van der Waals surface area contributed by atoms with E-state index in [2.05, 4.69) is 0 Å². The lowest BCUT2D eigenvalue weighted by Crippen LogP contribution is -2.08. The van der Waals surface area contributed by atoms with Crippen molar-refractivity contribution in [2.24, 2.45) is 0 Å². The van der Waals surface area contributed by atoms with Gasteiger partial charge in [0.15, 0.2) is 5.82 Å². The van der Waals surface area contributed by atoms with Gasteiger partial charge in [-0.3, -0.25) is 0 Å². The van der Waals surface area contributed by atoms with Gasteiger partial charge in [-0.05, 0) is 26.0 Å². The SMILES string of the molecule is CCOC(=O)c1c(N)n(O)c2ccc(C)cc12. The van der Waals surface area contributed by atoms with Crippen LogP contribution in [0.2, 0.25) is 0 Å². The maximum Gasteiger partial charge on any atom is 0.342 e. The van der Waals surface area contributed by atoms with Crippen molar-refractivity contribution in [2.45, 2.75) is 13.8 Å². The fourth-order valence-electron chi connectivity index (χ4n) is 1.83. The van der Waals surface area contributed by atoms with Gasteiger partial charge in [0.25, 0.3) is 0 Å². The first-order valence-electron chi connectivity index (χ1n) is 5.33. The van der Waals surface area contributed by atoms with Crippen molar-refractivity contribution in [3.05, 3.63) is 29.3 Å². The first-order chi connectivity index (χ1) is 8.06. The molecule has 0 spiro atoms. The van der Waals surface area contributed by atoms with Crippen molar-refractivity contribution in [3.63, 3.8) is 0 Å². The fourth-order valence-corrected chi connectivity index (χ4v) is 1.83. The van der Waals surface area contributed by atoms with E-state index in [0.717, 1.165) is 10.3 Å². The predicted molar refractivity (Wildman–Crippen MR) is 64.2 cm³/mol. The molecular weight excluding hydrogens is 220 g/mol. The van der Waals surface area contributed by atoms with Gasteiger partial charge < -0.3 is 15.7 Å². The lowest BCUT2D eigenvalue weighted by atomic mass is 10.1. The number of ether oxygens (including phenoxy) is 1. The van der Waals surface area contributed by atoms with Gasteiger partial charge in [0.1, 0.15) is 5.56 Å². The number of carbonyl (C=O) groups excluding carboxylic acids is 1. The quantitative estimate of drug-likeness (QED) is 0.615. The highest BCUT2D eigenvalue weighted by Gasteiger charge is 2.21. The summed E-state index contributed by atoms with van der Waals surface area (Å²) < 4.78 is 5.73. The van der Waals surface area contributed by atoms with Crippen LogP contribution in [0.1, 0.15) is 22.8 Å². The molecule has 0 saturated heterocycles. The summed E-state index contributed by atoms with van der Waals surface area (Å²) in [7, 11) is 0. The number of rotatable bonds is 2. The van der Waals surface area contributed by atoms with Crippen molar-refractivity contribution in [3.8, 4) is 0 Å². The molecule has 3 N–H and O–H groups in total. The van der Waals surface area contributed by atoms with Crippen LogP contribution < -0.4 is 5.73 Å². The molecule has 0 unspecified atom stereocenters. The molecular formula is C12H14N2O3. The van der Waals surface area contributed by atoms with Gasteiger partial charge in [-0.25, -0.2) is 4.79 Å². The van der Waals surface area contributed by atoms with Crippen molar-refractivity contribution < 1.29 is 14.7 Å². The van der Waals surface area contributed by atoms with Crippen molar-refractivity contribution in [2.75, 3.05) is 12.3 Å². The highest BCUT2D eigenvalue weighted by molar-refractivity contribution is 6.09. The molecule has 0 saturated carbocycles. The normalized spacial score (nSPS) is 10.7. The van der Waals surface area contributed by atoms with E-state index in [1.54, 1.807) is 19.1 Å². The van der Waals surface area contributed by atoms with Crippen LogP contribution in [0, 0.1) is 6.92 Å². The number of anilines is 1. The van der Waals surface area contributed by atoms with E-state index < -0.39 is 5.97 Å². The minimum absolute atomic E-state index is 0.00375. The number of nitrogens with two attached hydrogens (primary N) is 1. The maximum atomic E-state index is 11.8. The van der Waals surface area contributed by atoms with Gasteiger partial charge in [-0.2, -0.15) is 4.73 Å². The summed E-state index contributed by atoms with van der Waals surface area (Å²) in [5.41, 5.74) is 7.40. The van der Waals surface area contributed by atoms with Crippen molar-refractivity contribution in [1.29, 1.82) is 0 Å². The predicted octanol–water partition coefficient (Wildman–Crippen LogP) is 1.95. The van der Waals surface area contributed by atoms with Gasteiger partial charge in [-0.1, -0.05) is 11.6 Å². The van der Waals surface area contributed by atoms with E-state index in [4.69, 9.17) is 10.5 Å². The Morgan fingerprint density at radius 1 is 1.53 bits per heavy atom. The van der Waals surface area contributed by atoms with Crippen molar-refractivity contribution in [1.82, 2.24) is 4.73 Å². The van der Waals surface area contributed by atoms with Gasteiger partial charge in [0.05, 0.1) is 12.1 Å². The van der Waals surface area contributed by atoms with Crippen molar-refractivity contribution >= 4 is 22.7 Å². The molecule has 0 fully saturated rings. The first-order valence-corrected chi connectivity index (χ1v) is 5.33. The molecule has 17 heavy (non-hydrogen) atoms. The van der Waals surface area contributed by atoms with Crippen LogP contribution >= 0.6 is 0 Å². The minimum atomic E-state index is -0.520. The summed E-state index contributed by atoms with van der Waals surface area (Å²) in [5, 5.41) is 10.4. The second-order valence-corrected chi connectivity index (χ2v) is 3.81. The standard InChI is InChI=1S/C12H14N2O3/c1-3-17-12(15)10-8-6-7(2)4-5-9(8)14(16)11(10)13/h4-6,16H,3,13H2,1-2H3. The minimum Gasteiger partial charge on any atom is -0.462 e. The summed E-state index contributed by atoms with van der Waals surface area (Å²) in [6.45, 7) is 3.89.